The molecule has 1 aromatic carbocycles. The number of rotatable bonds is 6. The fourth-order valence-electron chi connectivity index (χ4n) is 1.65. The van der Waals surface area contributed by atoms with E-state index >= 15 is 0 Å². The van der Waals surface area contributed by atoms with Gasteiger partial charge in [-0.05, 0) is 24.0 Å². The van der Waals surface area contributed by atoms with E-state index in [0.29, 0.717) is 12.1 Å². The van der Waals surface area contributed by atoms with Crippen LogP contribution in [0.1, 0.15) is 32.8 Å². The zero-order chi connectivity index (χ0) is 14.4. The minimum atomic E-state index is -0.836. The van der Waals surface area contributed by atoms with Gasteiger partial charge in [-0.15, -0.1) is 0 Å². The van der Waals surface area contributed by atoms with Crippen LogP contribution < -0.4 is 5.32 Å². The molecule has 0 fully saturated rings. The molecule has 0 spiro atoms. The molecule has 0 aromatic heterocycles. The van der Waals surface area contributed by atoms with Crippen LogP contribution in [-0.2, 0) is 16.0 Å². The van der Waals surface area contributed by atoms with Crippen LogP contribution in [0.5, 0.6) is 0 Å². The minimum Gasteiger partial charge on any atom is -0.481 e. The zero-order valence-corrected chi connectivity index (χ0v) is 11.6. The summed E-state index contributed by atoms with van der Waals surface area (Å²) in [5.74, 6) is -0.673. The van der Waals surface area contributed by atoms with E-state index in [1.807, 2.05) is 45.0 Å². The normalized spacial score (nSPS) is 12.2. The Morgan fingerprint density at radius 1 is 1.21 bits per heavy atom. The molecule has 2 N–H and O–H groups in total. The average molecular weight is 263 g/mol. The first kappa shape index (κ1) is 15.2. The number of carboxylic acids is 1. The highest BCUT2D eigenvalue weighted by molar-refractivity contribution is 5.93. The van der Waals surface area contributed by atoms with Crippen molar-refractivity contribution in [3.8, 4) is 0 Å². The molecule has 4 heteroatoms. The Hall–Kier alpha value is -1.84. The topological polar surface area (TPSA) is 66.4 Å². The predicted molar refractivity (Wildman–Crippen MR) is 75.0 cm³/mol. The van der Waals surface area contributed by atoms with Crippen LogP contribution in [-0.4, -0.2) is 17.0 Å². The van der Waals surface area contributed by atoms with Gasteiger partial charge in [0.25, 0.3) is 0 Å². The molecular formula is C15H21NO3. The van der Waals surface area contributed by atoms with E-state index in [2.05, 4.69) is 5.32 Å². The maximum absolute atomic E-state index is 12.0. The Kier molecular flexibility index (Phi) is 5.55. The number of hydrogen-bond donors (Lipinski definition) is 2. The van der Waals surface area contributed by atoms with Crippen LogP contribution in [0.2, 0.25) is 0 Å². The average Bonchev–Trinajstić information content (AvgIpc) is 2.36. The Balaban J connectivity index is 2.77. The van der Waals surface area contributed by atoms with Gasteiger partial charge in [0.2, 0.25) is 5.91 Å². The molecule has 19 heavy (non-hydrogen) atoms. The summed E-state index contributed by atoms with van der Waals surface area (Å²) in [5.41, 5.74) is 1.57. The van der Waals surface area contributed by atoms with Gasteiger partial charge in [-0.3, -0.25) is 9.59 Å². The summed E-state index contributed by atoms with van der Waals surface area (Å²) < 4.78 is 0. The first-order valence-electron chi connectivity index (χ1n) is 6.52. The summed E-state index contributed by atoms with van der Waals surface area (Å²) in [7, 11) is 0. The molecule has 0 aliphatic rings. The maximum atomic E-state index is 12.0. The van der Waals surface area contributed by atoms with E-state index < -0.39 is 5.97 Å². The molecule has 1 aromatic rings. The Labute approximate surface area is 113 Å². The van der Waals surface area contributed by atoms with Crippen LogP contribution in [0, 0.1) is 11.8 Å². The molecule has 0 aliphatic carbocycles. The summed E-state index contributed by atoms with van der Waals surface area (Å²) in [6, 6.07) is 7.33. The number of carboxylic acid groups (broad SMARTS) is 1. The molecule has 0 bridgehead atoms. The van der Waals surface area contributed by atoms with E-state index in [4.69, 9.17) is 5.11 Å². The van der Waals surface area contributed by atoms with Crippen molar-refractivity contribution in [3.05, 3.63) is 29.8 Å². The third-order valence-corrected chi connectivity index (χ3v) is 3.30. The van der Waals surface area contributed by atoms with E-state index in [1.165, 1.54) is 0 Å². The summed E-state index contributed by atoms with van der Waals surface area (Å²) in [5, 5.41) is 11.6. The third kappa shape index (κ3) is 4.73. The fourth-order valence-corrected chi connectivity index (χ4v) is 1.65. The lowest BCUT2D eigenvalue weighted by Gasteiger charge is -2.17. The highest BCUT2D eigenvalue weighted by Crippen LogP contribution is 2.19. The molecule has 0 saturated carbocycles. The van der Waals surface area contributed by atoms with Gasteiger partial charge in [0.1, 0.15) is 0 Å². The number of aryl methyl sites for hydroxylation is 1. The zero-order valence-electron chi connectivity index (χ0n) is 11.6. The Bertz CT molecular complexity index is 454. The number of aliphatic carboxylic acids is 1. The first-order chi connectivity index (χ1) is 8.91. The van der Waals surface area contributed by atoms with Crippen LogP contribution in [0.25, 0.3) is 0 Å². The van der Waals surface area contributed by atoms with E-state index in [-0.39, 0.29) is 24.2 Å². The predicted octanol–water partition coefficient (Wildman–Crippen LogP) is 2.93. The largest absolute Gasteiger partial charge is 0.481 e. The first-order valence-corrected chi connectivity index (χ1v) is 6.52. The van der Waals surface area contributed by atoms with Gasteiger partial charge >= 0.3 is 5.97 Å². The van der Waals surface area contributed by atoms with Crippen LogP contribution >= 0.6 is 0 Å². The van der Waals surface area contributed by atoms with Crippen molar-refractivity contribution in [2.45, 2.75) is 33.6 Å². The van der Waals surface area contributed by atoms with Crippen molar-refractivity contribution in [1.29, 1.82) is 0 Å². The summed E-state index contributed by atoms with van der Waals surface area (Å²) in [6.45, 7) is 5.89. The number of benzene rings is 1. The van der Waals surface area contributed by atoms with Crippen LogP contribution in [0.4, 0.5) is 5.69 Å². The summed E-state index contributed by atoms with van der Waals surface area (Å²) >= 11 is 0. The standard InChI is InChI=1S/C15H21NO3/c1-10(2)11(3)15(19)16-13-7-5-4-6-12(13)8-9-14(17)18/h4-7,10-11H,8-9H2,1-3H3,(H,16,19)(H,17,18). The smallest absolute Gasteiger partial charge is 0.303 e. The van der Waals surface area contributed by atoms with Gasteiger partial charge in [0, 0.05) is 18.0 Å². The lowest BCUT2D eigenvalue weighted by molar-refractivity contribution is -0.137. The van der Waals surface area contributed by atoms with Crippen molar-refractivity contribution in [2.75, 3.05) is 5.32 Å². The number of amides is 1. The van der Waals surface area contributed by atoms with Crippen molar-refractivity contribution in [1.82, 2.24) is 0 Å². The number of anilines is 1. The molecule has 0 saturated heterocycles. The maximum Gasteiger partial charge on any atom is 0.303 e. The van der Waals surface area contributed by atoms with Gasteiger partial charge in [0.05, 0.1) is 0 Å². The van der Waals surface area contributed by atoms with Crippen molar-refractivity contribution in [2.24, 2.45) is 11.8 Å². The summed E-state index contributed by atoms with van der Waals surface area (Å²) in [4.78, 5) is 22.6. The number of para-hydroxylation sites is 1. The Morgan fingerprint density at radius 3 is 2.42 bits per heavy atom. The van der Waals surface area contributed by atoms with Crippen molar-refractivity contribution in [3.63, 3.8) is 0 Å². The van der Waals surface area contributed by atoms with Gasteiger partial charge in [-0.25, -0.2) is 0 Å². The molecule has 0 radical (unpaired) electrons. The summed E-state index contributed by atoms with van der Waals surface area (Å²) in [6.07, 6.45) is 0.481. The lowest BCUT2D eigenvalue weighted by atomic mass is 9.97. The van der Waals surface area contributed by atoms with E-state index in [1.54, 1.807) is 0 Å². The number of hydrogen-bond acceptors (Lipinski definition) is 2. The third-order valence-electron chi connectivity index (χ3n) is 3.30. The molecule has 1 atom stereocenters. The molecule has 0 aliphatic heterocycles. The number of nitrogens with one attached hydrogen (secondary N) is 1. The second kappa shape index (κ2) is 6.92. The minimum absolute atomic E-state index is 0.0298. The number of carbonyl (C=O) groups is 2. The molecule has 104 valence electrons. The lowest BCUT2D eigenvalue weighted by Crippen LogP contribution is -2.24. The van der Waals surface area contributed by atoms with Gasteiger partial charge in [-0.1, -0.05) is 39.0 Å². The van der Waals surface area contributed by atoms with E-state index in [0.717, 1.165) is 5.56 Å². The molecular weight excluding hydrogens is 242 g/mol. The SMILES string of the molecule is CC(C)C(C)C(=O)Nc1ccccc1CCC(=O)O. The molecule has 0 heterocycles. The fraction of sp³-hybridized carbons (Fsp3) is 0.467. The molecule has 1 rings (SSSR count). The number of carbonyl (C=O) groups excluding carboxylic acids is 1. The molecule has 4 nitrogen and oxygen atoms in total. The van der Waals surface area contributed by atoms with Crippen molar-refractivity contribution < 1.29 is 14.7 Å². The second-order valence-electron chi connectivity index (χ2n) is 5.07. The molecule has 1 amide bonds. The van der Waals surface area contributed by atoms with Gasteiger partial charge in [0.15, 0.2) is 0 Å². The second-order valence-corrected chi connectivity index (χ2v) is 5.07. The highest BCUT2D eigenvalue weighted by atomic mass is 16.4. The van der Waals surface area contributed by atoms with Crippen molar-refractivity contribution >= 4 is 17.6 Å². The monoisotopic (exact) mass is 263 g/mol. The van der Waals surface area contributed by atoms with Gasteiger partial charge in [-0.2, -0.15) is 0 Å². The Morgan fingerprint density at radius 2 is 1.84 bits per heavy atom. The van der Waals surface area contributed by atoms with E-state index in [9.17, 15) is 9.59 Å². The highest BCUT2D eigenvalue weighted by Gasteiger charge is 2.17. The quantitative estimate of drug-likeness (QED) is 0.829. The van der Waals surface area contributed by atoms with Crippen LogP contribution in [0.3, 0.4) is 0 Å². The van der Waals surface area contributed by atoms with Gasteiger partial charge < -0.3 is 10.4 Å². The molecule has 1 unspecified atom stereocenters. The van der Waals surface area contributed by atoms with Crippen LogP contribution in [0.15, 0.2) is 24.3 Å².